The van der Waals surface area contributed by atoms with Gasteiger partial charge < -0.3 is 9.94 Å². The molecule has 0 bridgehead atoms. The van der Waals surface area contributed by atoms with E-state index in [-0.39, 0.29) is 0 Å². The molecule has 0 spiro atoms. The van der Waals surface area contributed by atoms with Crippen LogP contribution in [0.15, 0.2) is 29.4 Å². The maximum absolute atomic E-state index is 8.61. The number of ether oxygens (including phenoxy) is 1. The fraction of sp³-hybridized carbons (Fsp3) is 0.300. The maximum Gasteiger partial charge on any atom is 0.128 e. The normalized spacial score (nSPS) is 11.4. The first-order valence-corrected chi connectivity index (χ1v) is 4.20. The molecule has 0 atom stereocenters. The molecule has 1 aromatic rings. The van der Waals surface area contributed by atoms with E-state index in [0.717, 1.165) is 11.3 Å². The lowest BCUT2D eigenvalue weighted by molar-refractivity contribution is 0.317. The third-order valence-corrected chi connectivity index (χ3v) is 1.73. The zero-order valence-electron chi connectivity index (χ0n) is 7.82. The lowest BCUT2D eigenvalue weighted by atomic mass is 10.1. The van der Waals surface area contributed by atoms with Gasteiger partial charge >= 0.3 is 0 Å². The highest BCUT2D eigenvalue weighted by molar-refractivity contribution is 6.00. The minimum Gasteiger partial charge on any atom is -0.493 e. The molecule has 0 unspecified atom stereocenters. The van der Waals surface area contributed by atoms with Gasteiger partial charge in [0.1, 0.15) is 5.75 Å². The topological polar surface area (TPSA) is 41.8 Å². The van der Waals surface area contributed by atoms with Crippen molar-refractivity contribution in [1.29, 1.82) is 0 Å². The minimum atomic E-state index is 0.559. The average Bonchev–Trinajstić information content (AvgIpc) is 2.18. The SMILES string of the molecule is CCOc1ccccc1C(C)=NO. The van der Waals surface area contributed by atoms with Gasteiger partial charge in [0, 0.05) is 5.56 Å². The minimum absolute atomic E-state index is 0.559. The summed E-state index contributed by atoms with van der Waals surface area (Å²) in [6, 6.07) is 7.49. The third kappa shape index (κ3) is 2.21. The Morgan fingerprint density at radius 2 is 2.15 bits per heavy atom. The molecule has 0 radical (unpaired) electrons. The van der Waals surface area contributed by atoms with E-state index in [1.54, 1.807) is 6.92 Å². The highest BCUT2D eigenvalue weighted by Gasteiger charge is 2.04. The van der Waals surface area contributed by atoms with Crippen LogP contribution >= 0.6 is 0 Å². The molecule has 13 heavy (non-hydrogen) atoms. The van der Waals surface area contributed by atoms with Crippen LogP contribution in [0.4, 0.5) is 0 Å². The van der Waals surface area contributed by atoms with E-state index in [9.17, 15) is 0 Å². The van der Waals surface area contributed by atoms with Crippen molar-refractivity contribution in [2.24, 2.45) is 5.16 Å². The Bertz CT molecular complexity index is 308. The number of nitrogens with zero attached hydrogens (tertiary/aromatic N) is 1. The van der Waals surface area contributed by atoms with Crippen molar-refractivity contribution in [2.75, 3.05) is 6.61 Å². The summed E-state index contributed by atoms with van der Waals surface area (Å²) in [4.78, 5) is 0. The molecule has 0 aromatic heterocycles. The van der Waals surface area contributed by atoms with Gasteiger partial charge in [-0.05, 0) is 26.0 Å². The van der Waals surface area contributed by atoms with Crippen molar-refractivity contribution in [3.8, 4) is 5.75 Å². The average molecular weight is 179 g/mol. The first kappa shape index (κ1) is 9.58. The monoisotopic (exact) mass is 179 g/mol. The Morgan fingerprint density at radius 3 is 2.77 bits per heavy atom. The molecular formula is C10H13NO2. The first-order valence-electron chi connectivity index (χ1n) is 4.20. The number of para-hydroxylation sites is 1. The van der Waals surface area contributed by atoms with Gasteiger partial charge in [-0.2, -0.15) is 0 Å². The molecule has 0 aliphatic carbocycles. The van der Waals surface area contributed by atoms with Crippen LogP contribution in [0.2, 0.25) is 0 Å². The fourth-order valence-corrected chi connectivity index (χ4v) is 1.10. The lowest BCUT2D eigenvalue weighted by Gasteiger charge is -2.07. The number of hydrogen-bond donors (Lipinski definition) is 1. The highest BCUT2D eigenvalue weighted by atomic mass is 16.5. The summed E-state index contributed by atoms with van der Waals surface area (Å²) >= 11 is 0. The molecule has 0 aliphatic rings. The fourth-order valence-electron chi connectivity index (χ4n) is 1.10. The van der Waals surface area contributed by atoms with Gasteiger partial charge in [-0.25, -0.2) is 0 Å². The molecule has 1 aromatic carbocycles. The van der Waals surface area contributed by atoms with Gasteiger partial charge in [-0.1, -0.05) is 17.3 Å². The number of rotatable bonds is 3. The van der Waals surface area contributed by atoms with Gasteiger partial charge in [-0.3, -0.25) is 0 Å². The van der Waals surface area contributed by atoms with Crippen LogP contribution in [-0.2, 0) is 0 Å². The van der Waals surface area contributed by atoms with E-state index >= 15 is 0 Å². The van der Waals surface area contributed by atoms with Gasteiger partial charge in [0.05, 0.1) is 12.3 Å². The Labute approximate surface area is 77.6 Å². The second-order valence-corrected chi connectivity index (χ2v) is 2.61. The summed E-state index contributed by atoms with van der Waals surface area (Å²) in [6.45, 7) is 4.26. The Balaban J connectivity index is 3.04. The number of oxime groups is 1. The van der Waals surface area contributed by atoms with Crippen LogP contribution in [0.3, 0.4) is 0 Å². The highest BCUT2D eigenvalue weighted by Crippen LogP contribution is 2.18. The van der Waals surface area contributed by atoms with Gasteiger partial charge in [0.25, 0.3) is 0 Å². The van der Waals surface area contributed by atoms with Crippen LogP contribution in [0.25, 0.3) is 0 Å². The van der Waals surface area contributed by atoms with E-state index in [1.165, 1.54) is 0 Å². The zero-order chi connectivity index (χ0) is 9.68. The van der Waals surface area contributed by atoms with Crippen LogP contribution in [-0.4, -0.2) is 17.5 Å². The first-order chi connectivity index (χ1) is 6.29. The predicted molar refractivity (Wildman–Crippen MR) is 51.6 cm³/mol. The predicted octanol–water partition coefficient (Wildman–Crippen LogP) is 2.28. The molecule has 3 heteroatoms. The maximum atomic E-state index is 8.61. The van der Waals surface area contributed by atoms with Crippen molar-refractivity contribution in [2.45, 2.75) is 13.8 Å². The zero-order valence-corrected chi connectivity index (χ0v) is 7.82. The molecular weight excluding hydrogens is 166 g/mol. The van der Waals surface area contributed by atoms with E-state index in [4.69, 9.17) is 9.94 Å². The summed E-state index contributed by atoms with van der Waals surface area (Å²) in [6.07, 6.45) is 0. The van der Waals surface area contributed by atoms with E-state index in [1.807, 2.05) is 31.2 Å². The lowest BCUT2D eigenvalue weighted by Crippen LogP contribution is -2.01. The van der Waals surface area contributed by atoms with E-state index < -0.39 is 0 Å². The second kappa shape index (κ2) is 4.50. The van der Waals surface area contributed by atoms with Crippen molar-refractivity contribution in [1.82, 2.24) is 0 Å². The van der Waals surface area contributed by atoms with Crippen molar-refractivity contribution in [3.63, 3.8) is 0 Å². The number of benzene rings is 1. The molecule has 0 aliphatic heterocycles. The molecule has 0 saturated carbocycles. The van der Waals surface area contributed by atoms with E-state index in [2.05, 4.69) is 5.16 Å². The Morgan fingerprint density at radius 1 is 1.46 bits per heavy atom. The molecule has 3 nitrogen and oxygen atoms in total. The summed E-state index contributed by atoms with van der Waals surface area (Å²) < 4.78 is 5.37. The third-order valence-electron chi connectivity index (χ3n) is 1.73. The molecule has 0 amide bonds. The quantitative estimate of drug-likeness (QED) is 0.439. The van der Waals surface area contributed by atoms with Crippen molar-refractivity contribution >= 4 is 5.71 Å². The number of hydrogen-bond acceptors (Lipinski definition) is 3. The molecule has 0 heterocycles. The molecule has 0 saturated heterocycles. The Hall–Kier alpha value is -1.51. The summed E-state index contributed by atoms with van der Waals surface area (Å²) in [5, 5.41) is 11.8. The van der Waals surface area contributed by atoms with Crippen molar-refractivity contribution < 1.29 is 9.94 Å². The smallest absolute Gasteiger partial charge is 0.128 e. The van der Waals surface area contributed by atoms with Gasteiger partial charge in [-0.15, -0.1) is 0 Å². The van der Waals surface area contributed by atoms with Gasteiger partial charge in [0.15, 0.2) is 0 Å². The van der Waals surface area contributed by atoms with Crippen LogP contribution in [0, 0.1) is 0 Å². The van der Waals surface area contributed by atoms with Crippen LogP contribution < -0.4 is 4.74 Å². The van der Waals surface area contributed by atoms with E-state index in [0.29, 0.717) is 12.3 Å². The standard InChI is InChI=1S/C10H13NO2/c1-3-13-10-7-5-4-6-9(10)8(2)11-12/h4-7,12H,3H2,1-2H3. The van der Waals surface area contributed by atoms with Gasteiger partial charge in [0.2, 0.25) is 0 Å². The van der Waals surface area contributed by atoms with Crippen LogP contribution in [0.1, 0.15) is 19.4 Å². The molecule has 70 valence electrons. The second-order valence-electron chi connectivity index (χ2n) is 2.61. The molecule has 0 fully saturated rings. The van der Waals surface area contributed by atoms with Crippen LogP contribution in [0.5, 0.6) is 5.75 Å². The molecule has 1 N–H and O–H groups in total. The largest absolute Gasteiger partial charge is 0.493 e. The molecule has 1 rings (SSSR count). The van der Waals surface area contributed by atoms with Crippen molar-refractivity contribution in [3.05, 3.63) is 29.8 Å². The Kier molecular flexibility index (Phi) is 3.31. The summed E-state index contributed by atoms with van der Waals surface area (Å²) in [5.41, 5.74) is 1.39. The summed E-state index contributed by atoms with van der Waals surface area (Å²) in [7, 11) is 0. The summed E-state index contributed by atoms with van der Waals surface area (Å²) in [5.74, 6) is 0.750.